The van der Waals surface area contributed by atoms with E-state index in [0.717, 1.165) is 0 Å². The molecular weight excluding hydrogens is 456 g/mol. The third kappa shape index (κ3) is 3.67. The molecule has 3 fully saturated rings. The Balaban J connectivity index is 1.34. The molecule has 5 rings (SSSR count). The third-order valence-electron chi connectivity index (χ3n) is 6.94. The van der Waals surface area contributed by atoms with Gasteiger partial charge in [0.25, 0.3) is 0 Å². The Morgan fingerprint density at radius 2 is 1.76 bits per heavy atom. The minimum atomic E-state index is -1.64. The quantitative estimate of drug-likeness (QED) is 0.193. The molecule has 3 heterocycles. The highest BCUT2D eigenvalue weighted by Crippen LogP contribution is 2.60. The Labute approximate surface area is 193 Å². The van der Waals surface area contributed by atoms with Crippen molar-refractivity contribution < 1.29 is 59.1 Å². The van der Waals surface area contributed by atoms with Crippen molar-refractivity contribution in [2.24, 2.45) is 11.8 Å². The number of hydrogen-bond donors (Lipinski definition) is 6. The molecule has 1 aromatic rings. The smallest absolute Gasteiger partial charge is 0.338 e. The summed E-state index contributed by atoms with van der Waals surface area (Å²) in [6.07, 6.45) is -6.99. The third-order valence-corrected chi connectivity index (χ3v) is 6.94. The summed E-state index contributed by atoms with van der Waals surface area (Å²) in [5.74, 6) is -1.78. The van der Waals surface area contributed by atoms with Gasteiger partial charge in [0.2, 0.25) is 6.29 Å². The van der Waals surface area contributed by atoms with Crippen molar-refractivity contribution in [1.82, 2.24) is 0 Å². The lowest BCUT2D eigenvalue weighted by molar-refractivity contribution is -0.344. The summed E-state index contributed by atoms with van der Waals surface area (Å²) in [6.45, 7) is -1.04. The predicted molar refractivity (Wildman–Crippen MR) is 108 cm³/mol. The van der Waals surface area contributed by atoms with Gasteiger partial charge >= 0.3 is 5.97 Å². The maximum absolute atomic E-state index is 12.7. The van der Waals surface area contributed by atoms with Crippen molar-refractivity contribution in [2.45, 2.75) is 54.8 Å². The SMILES string of the molecule is O=C(O[C@H]1[C@@H]2C=CO[C@H](O[C@@H]3O[C@H](CO)[C@@H](O)[C@H](O)[C@H]3O)[C@@H]2[C@@]2(CO)O[C@H]12)c1ccc(O)cc1. The normalized spacial score (nSPS) is 44.6. The molecule has 1 saturated carbocycles. The minimum Gasteiger partial charge on any atom is -0.508 e. The highest BCUT2D eigenvalue weighted by Gasteiger charge is 2.77. The van der Waals surface area contributed by atoms with Crippen molar-refractivity contribution in [3.05, 3.63) is 42.2 Å². The average molecular weight is 482 g/mol. The molecule has 0 radical (unpaired) electrons. The summed E-state index contributed by atoms with van der Waals surface area (Å²) in [7, 11) is 0. The molecule has 6 N–H and O–H groups in total. The number of fused-ring (bicyclic) bond motifs is 3. The highest BCUT2D eigenvalue weighted by molar-refractivity contribution is 5.89. The van der Waals surface area contributed by atoms with Crippen LogP contribution in [0.3, 0.4) is 0 Å². The lowest BCUT2D eigenvalue weighted by Gasteiger charge is -2.43. The maximum atomic E-state index is 12.7. The van der Waals surface area contributed by atoms with Crippen LogP contribution < -0.4 is 0 Å². The number of phenols is 1. The number of aliphatic hydroxyl groups is 5. The van der Waals surface area contributed by atoms with Crippen LogP contribution in [0.1, 0.15) is 10.4 Å². The number of ether oxygens (including phenoxy) is 5. The number of epoxide rings is 1. The van der Waals surface area contributed by atoms with Gasteiger partial charge in [-0.3, -0.25) is 0 Å². The van der Waals surface area contributed by atoms with E-state index in [-0.39, 0.29) is 11.3 Å². The summed E-state index contributed by atoms with van der Waals surface area (Å²) in [4.78, 5) is 12.7. The number of hydrogen-bond acceptors (Lipinski definition) is 12. The van der Waals surface area contributed by atoms with Crippen LogP contribution in [0.15, 0.2) is 36.6 Å². The van der Waals surface area contributed by atoms with E-state index in [1.54, 1.807) is 6.08 Å². The molecule has 12 nitrogen and oxygen atoms in total. The fraction of sp³-hybridized carbons (Fsp3) is 0.591. The molecule has 4 aliphatic rings. The molecule has 0 aromatic heterocycles. The standard InChI is InChI=1S/C22H26O12/c23-7-12-14(26)15(27)16(28)21(31-12)33-20-13-11(5-6-30-20)17(18-22(13,8-24)34-18)32-19(29)9-1-3-10(25)4-2-9/h1-6,11-18,20-21,23-28H,7-8H2/t11-,12-,13-,14-,15+,16-,17+,18-,20-,21+,22-/m1/s1. The van der Waals surface area contributed by atoms with Crippen LogP contribution in [0.2, 0.25) is 0 Å². The monoisotopic (exact) mass is 482 g/mol. The number of esters is 1. The number of rotatable bonds is 6. The lowest BCUT2D eigenvalue weighted by atomic mass is 9.85. The molecule has 1 aromatic carbocycles. The van der Waals surface area contributed by atoms with E-state index >= 15 is 0 Å². The molecule has 3 aliphatic heterocycles. The molecule has 34 heavy (non-hydrogen) atoms. The topological polar surface area (TPSA) is 188 Å². The van der Waals surface area contributed by atoms with Crippen molar-refractivity contribution in [3.63, 3.8) is 0 Å². The molecule has 2 saturated heterocycles. The van der Waals surface area contributed by atoms with Crippen molar-refractivity contribution in [3.8, 4) is 5.75 Å². The van der Waals surface area contributed by atoms with E-state index in [4.69, 9.17) is 23.7 Å². The molecule has 0 bridgehead atoms. The van der Waals surface area contributed by atoms with Crippen LogP contribution in [0, 0.1) is 11.8 Å². The average Bonchev–Trinajstić information content (AvgIpc) is 3.52. The molecule has 0 amide bonds. The Morgan fingerprint density at radius 3 is 2.44 bits per heavy atom. The van der Waals surface area contributed by atoms with Crippen molar-refractivity contribution in [1.29, 1.82) is 0 Å². The number of carbonyl (C=O) groups is 1. The Kier molecular flexibility index (Phi) is 6.02. The molecule has 0 unspecified atom stereocenters. The number of aromatic hydroxyl groups is 1. The van der Waals surface area contributed by atoms with Crippen LogP contribution in [-0.2, 0) is 23.7 Å². The summed E-state index contributed by atoms with van der Waals surface area (Å²) in [6, 6.07) is 5.56. The van der Waals surface area contributed by atoms with Gasteiger partial charge in [-0.05, 0) is 30.3 Å². The number of aliphatic hydroxyl groups excluding tert-OH is 5. The highest BCUT2D eigenvalue weighted by atomic mass is 16.8. The van der Waals surface area contributed by atoms with E-state index in [0.29, 0.717) is 0 Å². The van der Waals surface area contributed by atoms with Crippen molar-refractivity contribution in [2.75, 3.05) is 13.2 Å². The number of phenolic OH excluding ortho intramolecular Hbond substituents is 1. The first-order chi connectivity index (χ1) is 16.3. The summed E-state index contributed by atoms with van der Waals surface area (Å²) >= 11 is 0. The fourth-order valence-corrected chi connectivity index (χ4v) is 5.08. The Morgan fingerprint density at radius 1 is 1.03 bits per heavy atom. The van der Waals surface area contributed by atoms with Crippen LogP contribution >= 0.6 is 0 Å². The largest absolute Gasteiger partial charge is 0.508 e. The zero-order chi connectivity index (χ0) is 24.2. The zero-order valence-corrected chi connectivity index (χ0v) is 17.8. The van der Waals surface area contributed by atoms with Crippen LogP contribution in [-0.4, -0.2) is 105 Å². The summed E-state index contributed by atoms with van der Waals surface area (Å²) < 4.78 is 28.3. The van der Waals surface area contributed by atoms with Crippen molar-refractivity contribution >= 4 is 5.97 Å². The second-order valence-corrected chi connectivity index (χ2v) is 8.84. The van der Waals surface area contributed by atoms with Gasteiger partial charge in [-0.1, -0.05) is 0 Å². The maximum Gasteiger partial charge on any atom is 0.338 e. The Hall–Kier alpha value is -2.29. The zero-order valence-electron chi connectivity index (χ0n) is 17.8. The van der Waals surface area contributed by atoms with Crippen LogP contribution in [0.4, 0.5) is 0 Å². The number of benzene rings is 1. The first-order valence-electron chi connectivity index (χ1n) is 10.9. The molecule has 0 spiro atoms. The first-order valence-corrected chi connectivity index (χ1v) is 10.9. The molecule has 1 aliphatic carbocycles. The Bertz CT molecular complexity index is 934. The van der Waals surface area contributed by atoms with Gasteiger partial charge in [-0.2, -0.15) is 0 Å². The van der Waals surface area contributed by atoms with Gasteiger partial charge in [0.1, 0.15) is 48.0 Å². The van der Waals surface area contributed by atoms with E-state index in [2.05, 4.69) is 0 Å². The number of carbonyl (C=O) groups excluding carboxylic acids is 1. The minimum absolute atomic E-state index is 0.00264. The molecular formula is C22H26O12. The van der Waals surface area contributed by atoms with Gasteiger partial charge in [-0.25, -0.2) is 4.79 Å². The predicted octanol–water partition coefficient (Wildman–Crippen LogP) is -2.02. The van der Waals surface area contributed by atoms with E-state index in [1.807, 2.05) is 0 Å². The van der Waals surface area contributed by atoms with Gasteiger partial charge in [0, 0.05) is 5.92 Å². The summed E-state index contributed by atoms with van der Waals surface area (Å²) in [5.41, 5.74) is -0.907. The molecule has 12 heteroatoms. The van der Waals surface area contributed by atoms with Gasteiger partial charge in [0.15, 0.2) is 6.29 Å². The van der Waals surface area contributed by atoms with E-state index in [1.165, 1.54) is 30.5 Å². The van der Waals surface area contributed by atoms with Crippen LogP contribution in [0.25, 0.3) is 0 Å². The second kappa shape index (κ2) is 8.73. The summed E-state index contributed by atoms with van der Waals surface area (Å²) in [5, 5.41) is 59.3. The molecule has 11 atom stereocenters. The fourth-order valence-electron chi connectivity index (χ4n) is 5.08. The lowest BCUT2D eigenvalue weighted by Crippen LogP contribution is -2.60. The van der Waals surface area contributed by atoms with E-state index < -0.39 is 85.8 Å². The first kappa shape index (κ1) is 23.5. The second-order valence-electron chi connectivity index (χ2n) is 8.84. The van der Waals surface area contributed by atoms with E-state index in [9.17, 15) is 35.4 Å². The van der Waals surface area contributed by atoms with Gasteiger partial charge in [-0.15, -0.1) is 0 Å². The molecule has 186 valence electrons. The van der Waals surface area contributed by atoms with Gasteiger partial charge < -0.3 is 54.3 Å². The van der Waals surface area contributed by atoms with Crippen LogP contribution in [0.5, 0.6) is 5.75 Å². The van der Waals surface area contributed by atoms with Gasteiger partial charge in [0.05, 0.1) is 31.0 Å².